The van der Waals surface area contributed by atoms with E-state index in [9.17, 15) is 9.50 Å². The molecule has 0 spiro atoms. The molecule has 2 rings (SSSR count). The predicted octanol–water partition coefficient (Wildman–Crippen LogP) is 4.46. The van der Waals surface area contributed by atoms with Crippen LogP contribution in [-0.4, -0.2) is 11.4 Å². The van der Waals surface area contributed by atoms with Gasteiger partial charge in [0.15, 0.2) is 0 Å². The van der Waals surface area contributed by atoms with Crippen LogP contribution in [0.4, 0.5) is 4.39 Å². The van der Waals surface area contributed by atoms with Gasteiger partial charge < -0.3 is 5.11 Å². The van der Waals surface area contributed by atoms with Crippen molar-refractivity contribution in [1.29, 1.82) is 0 Å². The second-order valence-corrected chi connectivity index (χ2v) is 6.33. The van der Waals surface area contributed by atoms with Gasteiger partial charge in [-0.3, -0.25) is 0 Å². The third kappa shape index (κ3) is 2.69. The number of halogens is 2. The first-order valence-corrected chi connectivity index (χ1v) is 7.84. The number of hydrogen-bond donors (Lipinski definition) is 1. The van der Waals surface area contributed by atoms with Crippen molar-refractivity contribution < 1.29 is 9.50 Å². The summed E-state index contributed by atoms with van der Waals surface area (Å²) < 4.78 is 15.1. The molecule has 1 fully saturated rings. The minimum atomic E-state index is -0.976. The third-order valence-electron chi connectivity index (χ3n) is 3.41. The summed E-state index contributed by atoms with van der Waals surface area (Å²) in [6.07, 6.45) is 6.24. The normalized spacial score (nSPS) is 19.3. The summed E-state index contributed by atoms with van der Waals surface area (Å²) in [5, 5.41) is 10.6. The molecular weight excluding hydrogens is 303 g/mol. The van der Waals surface area contributed by atoms with Crippen molar-refractivity contribution in [2.45, 2.75) is 42.6 Å². The van der Waals surface area contributed by atoms with Crippen molar-refractivity contribution in [1.82, 2.24) is 0 Å². The van der Waals surface area contributed by atoms with Gasteiger partial charge in [-0.05, 0) is 31.2 Å². The van der Waals surface area contributed by atoms with Crippen molar-refractivity contribution in [2.24, 2.45) is 0 Å². The molecule has 0 radical (unpaired) electrons. The fraction of sp³-hybridized carbons (Fsp3) is 0.538. The second-order valence-electron chi connectivity index (χ2n) is 4.56. The molecule has 0 heterocycles. The average molecular weight is 319 g/mol. The van der Waals surface area contributed by atoms with Crippen LogP contribution in [0.15, 0.2) is 21.5 Å². The lowest BCUT2D eigenvalue weighted by Crippen LogP contribution is -2.29. The van der Waals surface area contributed by atoms with Crippen LogP contribution in [0.3, 0.4) is 0 Å². The van der Waals surface area contributed by atoms with Gasteiger partial charge in [0.2, 0.25) is 0 Å². The Morgan fingerprint density at radius 1 is 1.29 bits per heavy atom. The van der Waals surface area contributed by atoms with Crippen molar-refractivity contribution in [3.05, 3.63) is 28.0 Å². The monoisotopic (exact) mass is 318 g/mol. The molecule has 1 N–H and O–H groups in total. The summed E-state index contributed by atoms with van der Waals surface area (Å²) in [5.41, 5.74) is -0.521. The summed E-state index contributed by atoms with van der Waals surface area (Å²) in [6.45, 7) is 0. The fourth-order valence-electron chi connectivity index (χ4n) is 2.46. The van der Waals surface area contributed by atoms with E-state index >= 15 is 0 Å². The van der Waals surface area contributed by atoms with Crippen LogP contribution < -0.4 is 0 Å². The molecule has 1 nitrogen and oxygen atoms in total. The van der Waals surface area contributed by atoms with Gasteiger partial charge in [0.05, 0.1) is 5.60 Å². The highest BCUT2D eigenvalue weighted by atomic mass is 79.9. The van der Waals surface area contributed by atoms with Crippen LogP contribution in [0.2, 0.25) is 0 Å². The highest BCUT2D eigenvalue weighted by Crippen LogP contribution is 2.41. The molecule has 1 aromatic carbocycles. The van der Waals surface area contributed by atoms with Crippen LogP contribution in [0.5, 0.6) is 0 Å². The summed E-state index contributed by atoms with van der Waals surface area (Å²) in [4.78, 5) is 0.591. The zero-order chi connectivity index (χ0) is 12.5. The minimum absolute atomic E-state index is 0.259. The lowest BCUT2D eigenvalue weighted by molar-refractivity contribution is -0.00419. The first-order chi connectivity index (χ1) is 8.07. The standard InChI is InChI=1S/C13H16BrFOS/c1-17-11-8-9(14)7-10(12(11)15)13(16)5-3-2-4-6-13/h7-8,16H,2-6H2,1H3. The van der Waals surface area contributed by atoms with Gasteiger partial charge in [-0.25, -0.2) is 4.39 Å². The summed E-state index contributed by atoms with van der Waals surface area (Å²) >= 11 is 4.76. The molecule has 0 saturated heterocycles. The van der Waals surface area contributed by atoms with Crippen molar-refractivity contribution >= 4 is 27.7 Å². The maximum atomic E-state index is 14.3. The molecule has 0 atom stereocenters. The van der Waals surface area contributed by atoms with Gasteiger partial charge in [0.1, 0.15) is 5.82 Å². The number of hydrogen-bond acceptors (Lipinski definition) is 2. The Bertz CT molecular complexity index is 416. The summed E-state index contributed by atoms with van der Waals surface area (Å²) in [7, 11) is 0. The Morgan fingerprint density at radius 2 is 1.94 bits per heavy atom. The van der Waals surface area contributed by atoms with E-state index in [2.05, 4.69) is 15.9 Å². The van der Waals surface area contributed by atoms with E-state index < -0.39 is 5.60 Å². The lowest BCUT2D eigenvalue weighted by atomic mass is 9.79. The van der Waals surface area contributed by atoms with E-state index in [4.69, 9.17) is 0 Å². The maximum Gasteiger partial charge on any atom is 0.142 e. The predicted molar refractivity (Wildman–Crippen MR) is 72.9 cm³/mol. The minimum Gasteiger partial charge on any atom is -0.385 e. The van der Waals surface area contributed by atoms with E-state index in [0.29, 0.717) is 23.3 Å². The Morgan fingerprint density at radius 3 is 2.53 bits per heavy atom. The van der Waals surface area contributed by atoms with Gasteiger partial charge in [0, 0.05) is 14.9 Å². The molecule has 0 aromatic heterocycles. The van der Waals surface area contributed by atoms with Crippen LogP contribution in [0.25, 0.3) is 0 Å². The first kappa shape index (κ1) is 13.4. The molecule has 0 bridgehead atoms. The topological polar surface area (TPSA) is 20.2 Å². The van der Waals surface area contributed by atoms with Gasteiger partial charge >= 0.3 is 0 Å². The zero-order valence-electron chi connectivity index (χ0n) is 9.80. The lowest BCUT2D eigenvalue weighted by Gasteiger charge is -2.33. The zero-order valence-corrected chi connectivity index (χ0v) is 12.2. The van der Waals surface area contributed by atoms with E-state index in [1.165, 1.54) is 11.8 Å². The van der Waals surface area contributed by atoms with Crippen molar-refractivity contribution in [3.8, 4) is 0 Å². The van der Waals surface area contributed by atoms with E-state index in [0.717, 1.165) is 23.7 Å². The Hall–Kier alpha value is -0.0600. The van der Waals surface area contributed by atoms with Gasteiger partial charge in [0.25, 0.3) is 0 Å². The van der Waals surface area contributed by atoms with Crippen LogP contribution in [0, 0.1) is 5.82 Å². The quantitative estimate of drug-likeness (QED) is 0.812. The van der Waals surface area contributed by atoms with Gasteiger partial charge in [-0.1, -0.05) is 35.2 Å². The van der Waals surface area contributed by atoms with E-state index in [1.807, 2.05) is 6.26 Å². The summed E-state index contributed by atoms with van der Waals surface area (Å²) in [6, 6.07) is 3.48. The fourth-order valence-corrected chi connectivity index (χ4v) is 3.60. The molecule has 0 unspecified atom stereocenters. The molecule has 1 aromatic rings. The van der Waals surface area contributed by atoms with Gasteiger partial charge in [-0.2, -0.15) is 0 Å². The number of thioether (sulfide) groups is 1. The van der Waals surface area contributed by atoms with E-state index in [1.54, 1.807) is 12.1 Å². The van der Waals surface area contributed by atoms with Crippen LogP contribution in [0.1, 0.15) is 37.7 Å². The number of aliphatic hydroxyl groups is 1. The van der Waals surface area contributed by atoms with Crippen LogP contribution in [-0.2, 0) is 5.60 Å². The summed E-state index contributed by atoms with van der Waals surface area (Å²) in [5.74, 6) is -0.259. The second kappa shape index (κ2) is 5.29. The maximum absolute atomic E-state index is 14.3. The molecule has 0 amide bonds. The third-order valence-corrected chi connectivity index (χ3v) is 4.60. The molecule has 1 aliphatic rings. The molecule has 1 saturated carbocycles. The Kier molecular flexibility index (Phi) is 4.16. The molecule has 17 heavy (non-hydrogen) atoms. The smallest absolute Gasteiger partial charge is 0.142 e. The highest BCUT2D eigenvalue weighted by Gasteiger charge is 2.34. The van der Waals surface area contributed by atoms with Gasteiger partial charge in [-0.15, -0.1) is 11.8 Å². The first-order valence-electron chi connectivity index (χ1n) is 5.83. The molecule has 1 aliphatic carbocycles. The van der Waals surface area contributed by atoms with Crippen molar-refractivity contribution in [2.75, 3.05) is 6.26 Å². The number of benzene rings is 1. The van der Waals surface area contributed by atoms with Crippen molar-refractivity contribution in [3.63, 3.8) is 0 Å². The average Bonchev–Trinajstić information content (AvgIpc) is 2.32. The number of rotatable bonds is 2. The van der Waals surface area contributed by atoms with Crippen LogP contribution >= 0.6 is 27.7 Å². The molecule has 94 valence electrons. The Labute approximate surface area is 114 Å². The molecule has 0 aliphatic heterocycles. The van der Waals surface area contributed by atoms with E-state index in [-0.39, 0.29) is 5.82 Å². The molecular formula is C13H16BrFOS. The Balaban J connectivity index is 2.46. The highest BCUT2D eigenvalue weighted by molar-refractivity contribution is 9.10. The largest absolute Gasteiger partial charge is 0.385 e. The SMILES string of the molecule is CSc1cc(Br)cc(C2(O)CCCCC2)c1F. The molecule has 4 heteroatoms.